The highest BCUT2D eigenvalue weighted by molar-refractivity contribution is 7.98. The van der Waals surface area contributed by atoms with Crippen LogP contribution in [0.15, 0.2) is 58.8 Å². The molecule has 26 heavy (non-hydrogen) atoms. The summed E-state index contributed by atoms with van der Waals surface area (Å²) in [7, 11) is 1.34. The number of furan rings is 1. The first-order valence-electron chi connectivity index (χ1n) is 7.71. The van der Waals surface area contributed by atoms with E-state index in [4.69, 9.17) is 20.8 Å². The van der Waals surface area contributed by atoms with Gasteiger partial charge in [0.25, 0.3) is 0 Å². The second kappa shape index (κ2) is 8.25. The highest BCUT2D eigenvalue weighted by Gasteiger charge is 2.18. The van der Waals surface area contributed by atoms with Crippen molar-refractivity contribution in [1.29, 1.82) is 0 Å². The minimum atomic E-state index is -0.427. The van der Waals surface area contributed by atoms with E-state index < -0.39 is 5.97 Å². The largest absolute Gasteiger partial charge is 0.468 e. The van der Waals surface area contributed by atoms with Crippen molar-refractivity contribution in [3.8, 4) is 11.4 Å². The van der Waals surface area contributed by atoms with Gasteiger partial charge in [0, 0.05) is 17.1 Å². The van der Waals surface area contributed by atoms with Crippen molar-refractivity contribution in [2.45, 2.75) is 17.5 Å². The molecule has 0 N–H and O–H groups in total. The molecule has 6 nitrogen and oxygen atoms in total. The van der Waals surface area contributed by atoms with Gasteiger partial charge in [0.05, 0.1) is 19.1 Å². The number of ether oxygens (including phenoxy) is 1. The lowest BCUT2D eigenvalue weighted by Crippen LogP contribution is -2.03. The topological polar surface area (TPSA) is 70.2 Å². The summed E-state index contributed by atoms with van der Waals surface area (Å²) in [4.78, 5) is 11.7. The second-order valence-corrected chi connectivity index (χ2v) is 6.63. The van der Waals surface area contributed by atoms with E-state index in [1.54, 1.807) is 12.1 Å². The van der Waals surface area contributed by atoms with Crippen LogP contribution >= 0.6 is 23.4 Å². The number of hydrogen-bond donors (Lipinski definition) is 0. The highest BCUT2D eigenvalue weighted by atomic mass is 35.5. The molecule has 0 radical (unpaired) electrons. The van der Waals surface area contributed by atoms with E-state index in [1.807, 2.05) is 28.8 Å². The first kappa shape index (κ1) is 18.3. The standard InChI is InChI=1S/C18H16ClN3O3S/c1-3-9-22-16(12-4-6-13(19)7-5-12)20-21-18(22)26-11-15-14(8-10-25-15)17(23)24-2/h3-8,10H,1,9,11H2,2H3. The van der Waals surface area contributed by atoms with Gasteiger partial charge in [-0.1, -0.05) is 29.4 Å². The predicted molar refractivity (Wildman–Crippen MR) is 100 cm³/mol. The van der Waals surface area contributed by atoms with E-state index in [9.17, 15) is 4.79 Å². The van der Waals surface area contributed by atoms with Crippen LogP contribution in [0.25, 0.3) is 11.4 Å². The number of allylic oxidation sites excluding steroid dienone is 1. The van der Waals surface area contributed by atoms with Crippen LogP contribution < -0.4 is 0 Å². The number of carbonyl (C=O) groups excluding carboxylic acids is 1. The molecule has 0 aliphatic rings. The number of thioether (sulfide) groups is 1. The van der Waals surface area contributed by atoms with Crippen LogP contribution in [0.3, 0.4) is 0 Å². The van der Waals surface area contributed by atoms with Crippen molar-refractivity contribution in [2.75, 3.05) is 7.11 Å². The minimum Gasteiger partial charge on any atom is -0.468 e. The third-order valence-electron chi connectivity index (χ3n) is 3.61. The van der Waals surface area contributed by atoms with Crippen molar-refractivity contribution in [2.24, 2.45) is 0 Å². The summed E-state index contributed by atoms with van der Waals surface area (Å²) in [6, 6.07) is 8.99. The van der Waals surface area contributed by atoms with Crippen LogP contribution in [-0.4, -0.2) is 27.8 Å². The number of benzene rings is 1. The fourth-order valence-electron chi connectivity index (χ4n) is 2.38. The third kappa shape index (κ3) is 3.84. The molecule has 0 bridgehead atoms. The Morgan fingerprint density at radius 1 is 1.35 bits per heavy atom. The molecule has 0 aliphatic heterocycles. The maximum Gasteiger partial charge on any atom is 0.341 e. The van der Waals surface area contributed by atoms with Crippen molar-refractivity contribution in [3.05, 3.63) is 65.6 Å². The van der Waals surface area contributed by atoms with E-state index in [2.05, 4.69) is 16.8 Å². The van der Waals surface area contributed by atoms with Gasteiger partial charge in [0.2, 0.25) is 0 Å². The summed E-state index contributed by atoms with van der Waals surface area (Å²) in [5, 5.41) is 9.91. The molecule has 0 fully saturated rings. The molecule has 8 heteroatoms. The van der Waals surface area contributed by atoms with Crippen LogP contribution in [-0.2, 0) is 17.0 Å². The normalized spacial score (nSPS) is 10.7. The van der Waals surface area contributed by atoms with Crippen LogP contribution in [0, 0.1) is 0 Å². The summed E-state index contributed by atoms with van der Waals surface area (Å²) < 4.78 is 12.1. The van der Waals surface area contributed by atoms with Crippen LogP contribution in [0.2, 0.25) is 5.02 Å². The van der Waals surface area contributed by atoms with Gasteiger partial charge in [0.15, 0.2) is 11.0 Å². The van der Waals surface area contributed by atoms with Crippen LogP contribution in [0.1, 0.15) is 16.1 Å². The zero-order valence-corrected chi connectivity index (χ0v) is 15.6. The van der Waals surface area contributed by atoms with Gasteiger partial charge < -0.3 is 9.15 Å². The number of halogens is 1. The first-order valence-corrected chi connectivity index (χ1v) is 9.08. The van der Waals surface area contributed by atoms with Gasteiger partial charge in [-0.05, 0) is 30.3 Å². The summed E-state index contributed by atoms with van der Waals surface area (Å²) in [6.07, 6.45) is 3.25. The van der Waals surface area contributed by atoms with Gasteiger partial charge in [0.1, 0.15) is 11.3 Å². The minimum absolute atomic E-state index is 0.410. The van der Waals surface area contributed by atoms with Gasteiger partial charge in [-0.15, -0.1) is 16.8 Å². The number of nitrogens with zero attached hydrogens (tertiary/aromatic N) is 3. The number of rotatable bonds is 7. The fraction of sp³-hybridized carbons (Fsp3) is 0.167. The van der Waals surface area contributed by atoms with Crippen molar-refractivity contribution >= 4 is 29.3 Å². The zero-order valence-electron chi connectivity index (χ0n) is 14.0. The molecular formula is C18H16ClN3O3S. The maximum atomic E-state index is 11.7. The van der Waals surface area contributed by atoms with E-state index in [0.29, 0.717) is 33.8 Å². The quantitative estimate of drug-likeness (QED) is 0.337. The maximum absolute atomic E-state index is 11.7. The Balaban J connectivity index is 1.84. The SMILES string of the molecule is C=CCn1c(SCc2occc2C(=O)OC)nnc1-c1ccc(Cl)cc1. The molecule has 0 atom stereocenters. The number of esters is 1. The molecule has 0 unspecified atom stereocenters. The lowest BCUT2D eigenvalue weighted by Gasteiger charge is -2.07. The molecule has 2 heterocycles. The number of carbonyl (C=O) groups is 1. The van der Waals surface area contributed by atoms with Crippen molar-refractivity contribution < 1.29 is 13.9 Å². The monoisotopic (exact) mass is 389 g/mol. The molecule has 0 saturated carbocycles. The fourth-order valence-corrected chi connectivity index (χ4v) is 3.40. The highest BCUT2D eigenvalue weighted by Crippen LogP contribution is 2.28. The molecule has 134 valence electrons. The Morgan fingerprint density at radius 3 is 2.81 bits per heavy atom. The number of hydrogen-bond acceptors (Lipinski definition) is 6. The Hall–Kier alpha value is -2.51. The van der Waals surface area contributed by atoms with Gasteiger partial charge in [-0.2, -0.15) is 0 Å². The lowest BCUT2D eigenvalue weighted by atomic mass is 10.2. The molecule has 0 aliphatic carbocycles. The molecule has 0 saturated heterocycles. The zero-order chi connectivity index (χ0) is 18.5. The van der Waals surface area contributed by atoms with E-state index in [1.165, 1.54) is 25.1 Å². The molecular weight excluding hydrogens is 374 g/mol. The molecule has 2 aromatic heterocycles. The smallest absolute Gasteiger partial charge is 0.341 e. The molecule has 0 amide bonds. The molecule has 3 aromatic rings. The lowest BCUT2D eigenvalue weighted by molar-refractivity contribution is 0.0598. The van der Waals surface area contributed by atoms with E-state index >= 15 is 0 Å². The first-order chi connectivity index (χ1) is 12.6. The number of methoxy groups -OCH3 is 1. The summed E-state index contributed by atoms with van der Waals surface area (Å²) >= 11 is 7.37. The Labute approximate surface area is 159 Å². The number of aromatic nitrogens is 3. The average molecular weight is 390 g/mol. The van der Waals surface area contributed by atoms with Gasteiger partial charge in [-0.25, -0.2) is 4.79 Å². The van der Waals surface area contributed by atoms with Gasteiger partial charge in [-0.3, -0.25) is 4.57 Å². The molecule has 1 aromatic carbocycles. The van der Waals surface area contributed by atoms with Crippen LogP contribution in [0.4, 0.5) is 0 Å². The third-order valence-corrected chi connectivity index (χ3v) is 4.83. The van der Waals surface area contributed by atoms with E-state index in [0.717, 1.165) is 11.4 Å². The Bertz CT molecular complexity index is 918. The summed E-state index contributed by atoms with van der Waals surface area (Å²) in [5.74, 6) is 1.25. The summed E-state index contributed by atoms with van der Waals surface area (Å²) in [6.45, 7) is 4.35. The molecule has 0 spiro atoms. The van der Waals surface area contributed by atoms with Gasteiger partial charge >= 0.3 is 5.97 Å². The van der Waals surface area contributed by atoms with E-state index in [-0.39, 0.29) is 0 Å². The van der Waals surface area contributed by atoms with Crippen LogP contribution in [0.5, 0.6) is 0 Å². The predicted octanol–water partition coefficient (Wildman–Crippen LogP) is 4.46. The average Bonchev–Trinajstić information content (AvgIpc) is 3.27. The van der Waals surface area contributed by atoms with Crippen molar-refractivity contribution in [1.82, 2.24) is 14.8 Å². The Morgan fingerprint density at radius 2 is 2.12 bits per heavy atom. The summed E-state index contributed by atoms with van der Waals surface area (Å²) in [5.41, 5.74) is 1.32. The second-order valence-electron chi connectivity index (χ2n) is 5.25. The Kier molecular flexibility index (Phi) is 5.80. The molecule has 3 rings (SSSR count). The van der Waals surface area contributed by atoms with Crippen molar-refractivity contribution in [3.63, 3.8) is 0 Å².